The molecule has 8 aliphatic rings. The quantitative estimate of drug-likeness (QED) is 0.207. The third-order valence-corrected chi connectivity index (χ3v) is 13.6. The van der Waals surface area contributed by atoms with Crippen LogP contribution in [0.5, 0.6) is 0 Å². The van der Waals surface area contributed by atoms with Crippen molar-refractivity contribution in [2.24, 2.45) is 16.7 Å². The molecule has 8 fully saturated rings. The van der Waals surface area contributed by atoms with E-state index in [0.29, 0.717) is 24.7 Å². The van der Waals surface area contributed by atoms with Crippen LogP contribution in [0.4, 0.5) is 0 Å². The van der Waals surface area contributed by atoms with E-state index < -0.39 is 83.4 Å². The Balaban J connectivity index is 1.54. The zero-order valence-corrected chi connectivity index (χ0v) is 25.1. The van der Waals surface area contributed by atoms with Crippen LogP contribution < -0.4 is 0 Å². The largest absolute Gasteiger partial charge is 0.457 e. The molecule has 0 aromatic carbocycles. The van der Waals surface area contributed by atoms with E-state index in [9.17, 15) is 19.6 Å². The average Bonchev–Trinajstić information content (AvgIpc) is 3.50. The van der Waals surface area contributed by atoms with Crippen molar-refractivity contribution in [1.82, 2.24) is 4.98 Å². The number of hydrogen-bond acceptors (Lipinski definition) is 10. The maximum absolute atomic E-state index is 14.3. The van der Waals surface area contributed by atoms with Crippen molar-refractivity contribution < 1.29 is 47.4 Å². The van der Waals surface area contributed by atoms with E-state index in [-0.39, 0.29) is 12.1 Å². The Labute approximate surface area is 238 Å². The highest BCUT2D eigenvalue weighted by molar-refractivity contribution is 7.53. The zero-order chi connectivity index (χ0) is 29.4. The number of aliphatic hydroxyl groups is 2. The lowest BCUT2D eigenvalue weighted by Gasteiger charge is -2.65. The smallest absolute Gasteiger partial charge is 0.451 e. The molecule has 0 radical (unpaired) electrons. The number of hydrogen-bond donors (Lipinski definition) is 3. The highest BCUT2D eigenvalue weighted by Crippen LogP contribution is 2.96. The van der Waals surface area contributed by atoms with Gasteiger partial charge in [0.2, 0.25) is 0 Å². The van der Waals surface area contributed by atoms with E-state index in [4.69, 9.17) is 27.8 Å². The van der Waals surface area contributed by atoms with Gasteiger partial charge in [-0.15, -0.1) is 0 Å². The Morgan fingerprint density at radius 1 is 1.29 bits per heavy atom. The number of H-pyrrole nitrogens is 1. The van der Waals surface area contributed by atoms with Gasteiger partial charge in [-0.1, -0.05) is 34.3 Å². The van der Waals surface area contributed by atoms with Gasteiger partial charge < -0.3 is 34.0 Å². The summed E-state index contributed by atoms with van der Waals surface area (Å²) in [7, 11) is -4.71. The van der Waals surface area contributed by atoms with Crippen LogP contribution in [0.3, 0.4) is 0 Å². The van der Waals surface area contributed by atoms with Crippen LogP contribution in [0, 0.1) is 16.7 Å². The summed E-state index contributed by atoms with van der Waals surface area (Å²) in [5, 5.41) is 26.0. The molecule has 11 atom stereocenters. The first kappa shape index (κ1) is 27.1. The Hall–Kier alpha value is -1.50. The van der Waals surface area contributed by atoms with Gasteiger partial charge >= 0.3 is 20.7 Å². The summed E-state index contributed by atoms with van der Waals surface area (Å²) in [5.41, 5.74) is -10.3. The molecule has 4 aliphatic heterocycles. The predicted molar refractivity (Wildman–Crippen MR) is 144 cm³/mol. The summed E-state index contributed by atoms with van der Waals surface area (Å²) >= 11 is 0. The first-order chi connectivity index (χ1) is 19.0. The van der Waals surface area contributed by atoms with Gasteiger partial charge in [-0.05, 0) is 49.7 Å². The van der Waals surface area contributed by atoms with Crippen LogP contribution in [0.15, 0.2) is 30.5 Å². The molecular weight excluding hydrogens is 552 g/mol. The fourth-order valence-electron chi connectivity index (χ4n) is 11.2. The number of carbonyl (C=O) groups excluding carboxylic acids is 1. The summed E-state index contributed by atoms with van der Waals surface area (Å²) in [6, 6.07) is 3.27. The molecule has 41 heavy (non-hydrogen) atoms. The monoisotopic (exact) mass is 589 g/mol. The molecule has 9 rings (SSSR count). The first-order valence-electron chi connectivity index (χ1n) is 14.5. The predicted octanol–water partition coefficient (Wildman–Crippen LogP) is 3.19. The van der Waals surface area contributed by atoms with Crippen LogP contribution in [-0.2, 0) is 32.4 Å². The molecule has 7 bridgehead atoms. The molecule has 4 saturated carbocycles. The van der Waals surface area contributed by atoms with Gasteiger partial charge in [-0.3, -0.25) is 13.6 Å². The maximum Gasteiger partial charge on any atom is 0.457 e. The van der Waals surface area contributed by atoms with Gasteiger partial charge in [0.25, 0.3) is 0 Å². The lowest BCUT2D eigenvalue weighted by molar-refractivity contribution is -0.385. The number of aromatic nitrogens is 1. The Morgan fingerprint density at radius 2 is 2.02 bits per heavy atom. The molecule has 4 spiro atoms. The molecule has 1 aromatic heterocycles. The van der Waals surface area contributed by atoms with Crippen molar-refractivity contribution in [3.63, 3.8) is 0 Å². The average molecular weight is 589 g/mol. The highest BCUT2D eigenvalue weighted by Gasteiger charge is 3.13. The number of ether oxygens (including phenoxy) is 2. The minimum absolute atomic E-state index is 0.00140. The summed E-state index contributed by atoms with van der Waals surface area (Å²) < 4.78 is 54.6. The minimum Gasteiger partial charge on any atom is -0.451 e. The van der Waals surface area contributed by atoms with Crippen LogP contribution in [0.25, 0.3) is 0 Å². The topological polar surface area (TPSA) is 146 Å². The molecular formula is C28H37BNO10P. The van der Waals surface area contributed by atoms with Crippen molar-refractivity contribution in [2.45, 2.75) is 106 Å². The van der Waals surface area contributed by atoms with Gasteiger partial charge in [-0.25, -0.2) is 4.79 Å². The number of nitrogens with one attached hydrogen (secondary N) is 1. The fraction of sp³-hybridized carbons (Fsp3) is 0.750. The lowest BCUT2D eigenvalue weighted by atomic mass is 9.51. The normalized spacial score (nSPS) is 57.4. The van der Waals surface area contributed by atoms with Crippen molar-refractivity contribution in [3.8, 4) is 0 Å². The maximum atomic E-state index is 14.3. The van der Waals surface area contributed by atoms with Crippen LogP contribution >= 0.6 is 7.60 Å². The van der Waals surface area contributed by atoms with Gasteiger partial charge in [0.05, 0.1) is 11.0 Å². The van der Waals surface area contributed by atoms with Gasteiger partial charge in [0, 0.05) is 24.7 Å². The molecule has 4 saturated heterocycles. The van der Waals surface area contributed by atoms with Crippen molar-refractivity contribution >= 4 is 20.7 Å². The first-order valence-corrected chi connectivity index (χ1v) is 16.5. The minimum atomic E-state index is -3.91. The molecule has 0 amide bonds. The van der Waals surface area contributed by atoms with E-state index in [1.165, 1.54) is 6.66 Å². The Bertz CT molecular complexity index is 1470. The van der Waals surface area contributed by atoms with Gasteiger partial charge in [-0.2, -0.15) is 0 Å². The van der Waals surface area contributed by atoms with Crippen LogP contribution in [0.2, 0.25) is 6.32 Å². The fourth-order valence-corrected chi connectivity index (χ4v) is 12.8. The zero-order valence-electron chi connectivity index (χ0n) is 24.2. The summed E-state index contributed by atoms with van der Waals surface area (Å²) in [6.07, 6.45) is 0.599. The molecule has 11 nitrogen and oxygen atoms in total. The summed E-state index contributed by atoms with van der Waals surface area (Å²) in [4.78, 5) is 16.7. The second-order valence-electron chi connectivity index (χ2n) is 13.9. The Kier molecular flexibility index (Phi) is 4.67. The van der Waals surface area contributed by atoms with Crippen molar-refractivity contribution in [2.75, 3.05) is 6.66 Å². The molecule has 3 N–H and O–H groups in total. The summed E-state index contributed by atoms with van der Waals surface area (Å²) in [5.74, 6) is -3.32. The highest BCUT2D eigenvalue weighted by atomic mass is 31.2. The number of carbonyl (C=O) groups is 1. The Morgan fingerprint density at radius 3 is 2.66 bits per heavy atom. The SMILES string of the molecule is C=C1CC[C@@]23OB(CC)O[C@@]45[C@H](OC(=O)c6ccc[nH]6)[C@](O)(C(C)C)[C@]6(C)[C@@]47O[P@@](C)(=O)O[C@H]1[C@@]27O[C@]6(O)C[C@@]35C. The van der Waals surface area contributed by atoms with E-state index in [2.05, 4.69) is 11.6 Å². The molecule has 4 aliphatic carbocycles. The van der Waals surface area contributed by atoms with Crippen LogP contribution in [0.1, 0.15) is 64.4 Å². The number of rotatable bonds is 4. The molecule has 1 aromatic rings. The second kappa shape index (κ2) is 7.07. The van der Waals surface area contributed by atoms with Crippen molar-refractivity contribution in [1.29, 1.82) is 0 Å². The van der Waals surface area contributed by atoms with E-state index in [1.54, 1.807) is 39.1 Å². The standard InChI is InChI=1S/C28H37BNO10P/c1-8-29-38-23-12-11-16(4)18-26(23)28(40-41(7,34)36-18)22(6)24(32,37-26)14-21(23,5)27(28,39-29)20(25(22,33)15(2)3)35-19(31)17-10-9-13-30-17/h9-10,13,15,18,20,30,32-33H,4,8,11-12,14H2,1-3,5-7H3/t18-,20-,21+,22-,23+,24-,25-,26-,27-,28+,41+/m1/s1. The van der Waals surface area contributed by atoms with Gasteiger partial charge in [0.1, 0.15) is 23.0 Å². The van der Waals surface area contributed by atoms with E-state index >= 15 is 0 Å². The molecule has 0 unspecified atom stereocenters. The number of aromatic amines is 1. The molecule has 13 heteroatoms. The van der Waals surface area contributed by atoms with E-state index in [0.717, 1.165) is 0 Å². The van der Waals surface area contributed by atoms with E-state index in [1.807, 2.05) is 13.8 Å². The van der Waals surface area contributed by atoms with Crippen LogP contribution in [-0.4, -0.2) is 80.9 Å². The molecule has 222 valence electrons. The molecule has 5 heterocycles. The van der Waals surface area contributed by atoms with Crippen molar-refractivity contribution in [3.05, 3.63) is 36.2 Å². The third-order valence-electron chi connectivity index (χ3n) is 12.4. The summed E-state index contributed by atoms with van der Waals surface area (Å²) in [6.45, 7) is 14.8. The number of esters is 1. The van der Waals surface area contributed by atoms with Gasteiger partial charge in [0.15, 0.2) is 23.1 Å². The third kappa shape index (κ3) is 2.15. The lowest BCUT2D eigenvalue weighted by Crippen LogP contribution is -2.78. The second-order valence-corrected chi connectivity index (χ2v) is 15.9.